The predicted octanol–water partition coefficient (Wildman–Crippen LogP) is 1.31. The molecule has 184 valence electrons. The maximum Gasteiger partial charge on any atom is 0.352 e. The van der Waals surface area contributed by atoms with E-state index in [-0.39, 0.29) is 17.1 Å². The Morgan fingerprint density at radius 3 is 2.71 bits per heavy atom. The Morgan fingerprint density at radius 2 is 2.12 bits per heavy atom. The summed E-state index contributed by atoms with van der Waals surface area (Å²) in [5, 5.41) is 17.0. The molecule has 0 spiro atoms. The zero-order valence-corrected chi connectivity index (χ0v) is 21.3. The Morgan fingerprint density at radius 1 is 1.38 bits per heavy atom. The van der Waals surface area contributed by atoms with Gasteiger partial charge in [-0.1, -0.05) is 5.16 Å². The summed E-state index contributed by atoms with van der Waals surface area (Å²) in [4.78, 5) is 59.7. The Bertz CT molecular complexity index is 1030. The number of amides is 2. The first-order valence-electron chi connectivity index (χ1n) is 10.0. The Hall–Kier alpha value is -2.58. The Kier molecular flexibility index (Phi) is 8.25. The summed E-state index contributed by atoms with van der Waals surface area (Å²) >= 11 is 4.08. The number of rotatable bonds is 9. The van der Waals surface area contributed by atoms with E-state index in [1.165, 1.54) is 45.3 Å². The number of carbonyl (C=O) groups is 4. The van der Waals surface area contributed by atoms with E-state index in [1.807, 2.05) is 6.26 Å². The van der Waals surface area contributed by atoms with Crippen LogP contribution in [0.5, 0.6) is 0 Å². The maximum absolute atomic E-state index is 13.0. The van der Waals surface area contributed by atoms with Gasteiger partial charge in [-0.25, -0.2) is 14.6 Å². The minimum absolute atomic E-state index is 0.0253. The minimum atomic E-state index is -1.17. The van der Waals surface area contributed by atoms with Crippen molar-refractivity contribution in [3.05, 3.63) is 27.9 Å². The van der Waals surface area contributed by atoms with E-state index in [0.717, 1.165) is 0 Å². The van der Waals surface area contributed by atoms with Crippen molar-refractivity contribution < 1.29 is 33.9 Å². The van der Waals surface area contributed by atoms with Crippen molar-refractivity contribution >= 4 is 64.3 Å². The SMILES string of the molecule is CSCC1=C(C(=O)O)N2C(=O)C(NC(=O)C(=NOCC(=O)OC(C)(C)C)c3cscn3)[C@@H]2SC1. The van der Waals surface area contributed by atoms with Crippen LogP contribution in [0.1, 0.15) is 26.5 Å². The number of carboxylic acids is 1. The maximum atomic E-state index is 13.0. The van der Waals surface area contributed by atoms with Crippen LogP contribution in [0.2, 0.25) is 0 Å². The average molecular weight is 529 g/mol. The molecule has 11 nitrogen and oxygen atoms in total. The standard InChI is InChI=1S/C20H24N4O7S3/c1-20(2,3)31-12(25)5-30-23-13(11-8-33-9-21-11)16(26)22-14-17(27)24-15(19(28)29)10(6-32-4)7-34-18(14)24/h8-9,14,18H,5-7H2,1-4H3,(H,22,26)(H,28,29)/t14?,18-/m0/s1. The van der Waals surface area contributed by atoms with Gasteiger partial charge in [-0.05, 0) is 32.6 Å². The highest BCUT2D eigenvalue weighted by molar-refractivity contribution is 8.00. The zero-order chi connectivity index (χ0) is 25.0. The third kappa shape index (κ3) is 5.91. The third-order valence-electron chi connectivity index (χ3n) is 4.50. The second-order valence-electron chi connectivity index (χ2n) is 8.22. The lowest BCUT2D eigenvalue weighted by molar-refractivity contribution is -0.160. The van der Waals surface area contributed by atoms with Crippen molar-refractivity contribution in [1.82, 2.24) is 15.2 Å². The lowest BCUT2D eigenvalue weighted by Gasteiger charge is -2.49. The van der Waals surface area contributed by atoms with E-state index in [1.54, 1.807) is 26.2 Å². The summed E-state index contributed by atoms with van der Waals surface area (Å²) < 4.78 is 5.14. The number of β-lactam (4-membered cyclic amide) rings is 1. The molecule has 2 aliphatic rings. The molecular formula is C20H24N4O7S3. The number of hydrogen-bond acceptors (Lipinski definition) is 11. The molecule has 2 N–H and O–H groups in total. The number of esters is 1. The van der Waals surface area contributed by atoms with Crippen LogP contribution in [0.15, 0.2) is 27.3 Å². The number of carbonyl (C=O) groups excluding carboxylic acids is 3. The Labute approximate surface area is 208 Å². The van der Waals surface area contributed by atoms with Gasteiger partial charge in [0.1, 0.15) is 28.4 Å². The van der Waals surface area contributed by atoms with Crippen LogP contribution in [0.25, 0.3) is 0 Å². The molecular weight excluding hydrogens is 504 g/mol. The summed E-state index contributed by atoms with van der Waals surface area (Å²) in [6.07, 6.45) is 1.86. The second-order valence-corrected chi connectivity index (χ2v) is 10.9. The van der Waals surface area contributed by atoms with Crippen LogP contribution in [0.4, 0.5) is 0 Å². The first kappa shape index (κ1) is 26.0. The van der Waals surface area contributed by atoms with Crippen molar-refractivity contribution in [2.45, 2.75) is 37.8 Å². The molecule has 1 saturated heterocycles. The molecule has 2 amide bonds. The van der Waals surface area contributed by atoms with Crippen LogP contribution >= 0.6 is 34.9 Å². The number of aliphatic carboxylic acids is 1. The molecule has 1 fully saturated rings. The molecule has 0 aliphatic carbocycles. The lowest BCUT2D eigenvalue weighted by atomic mass is 10.0. The number of thiazole rings is 1. The molecule has 14 heteroatoms. The van der Waals surface area contributed by atoms with E-state index in [0.29, 0.717) is 17.1 Å². The molecule has 0 bridgehead atoms. The molecule has 0 aromatic carbocycles. The monoisotopic (exact) mass is 528 g/mol. The molecule has 1 aromatic heterocycles. The number of hydrogen-bond donors (Lipinski definition) is 2. The smallest absolute Gasteiger partial charge is 0.352 e. The van der Waals surface area contributed by atoms with Gasteiger partial charge in [-0.3, -0.25) is 14.5 Å². The molecule has 3 heterocycles. The third-order valence-corrected chi connectivity index (χ3v) is 7.07. The highest BCUT2D eigenvalue weighted by Crippen LogP contribution is 2.40. The molecule has 3 rings (SSSR count). The highest BCUT2D eigenvalue weighted by Gasteiger charge is 2.54. The van der Waals surface area contributed by atoms with Gasteiger partial charge in [0.25, 0.3) is 11.8 Å². The second kappa shape index (κ2) is 10.8. The molecule has 0 radical (unpaired) electrons. The molecule has 2 atom stereocenters. The van der Waals surface area contributed by atoms with E-state index in [2.05, 4.69) is 15.5 Å². The number of fused-ring (bicyclic) bond motifs is 1. The largest absolute Gasteiger partial charge is 0.477 e. The predicted molar refractivity (Wildman–Crippen MR) is 129 cm³/mol. The van der Waals surface area contributed by atoms with E-state index in [4.69, 9.17) is 9.57 Å². The quantitative estimate of drug-likeness (QED) is 0.208. The van der Waals surface area contributed by atoms with Crippen molar-refractivity contribution in [3.8, 4) is 0 Å². The molecule has 34 heavy (non-hydrogen) atoms. The van der Waals surface area contributed by atoms with Crippen molar-refractivity contribution in [2.24, 2.45) is 5.16 Å². The molecule has 2 aliphatic heterocycles. The number of carboxylic acid groups (broad SMARTS) is 1. The number of oxime groups is 1. The summed E-state index contributed by atoms with van der Waals surface area (Å²) in [5.41, 5.74) is 1.43. The van der Waals surface area contributed by atoms with Crippen LogP contribution in [0.3, 0.4) is 0 Å². The highest BCUT2D eigenvalue weighted by atomic mass is 32.2. The van der Waals surface area contributed by atoms with E-state index < -0.39 is 47.4 Å². The number of nitrogens with zero attached hydrogens (tertiary/aromatic N) is 3. The van der Waals surface area contributed by atoms with E-state index >= 15 is 0 Å². The van der Waals surface area contributed by atoms with Crippen LogP contribution in [-0.4, -0.2) is 85.8 Å². The van der Waals surface area contributed by atoms with Gasteiger partial charge in [0.2, 0.25) is 6.61 Å². The van der Waals surface area contributed by atoms with Crippen molar-refractivity contribution in [3.63, 3.8) is 0 Å². The first-order chi connectivity index (χ1) is 16.0. The molecule has 1 unspecified atom stereocenters. The Balaban J connectivity index is 1.72. The molecule has 0 saturated carbocycles. The molecule has 1 aromatic rings. The number of thioether (sulfide) groups is 2. The summed E-state index contributed by atoms with van der Waals surface area (Å²) in [7, 11) is 0. The van der Waals surface area contributed by atoms with Crippen molar-refractivity contribution in [2.75, 3.05) is 24.4 Å². The average Bonchev–Trinajstić information content (AvgIpc) is 3.27. The number of ether oxygens (including phenoxy) is 1. The zero-order valence-electron chi connectivity index (χ0n) is 18.9. The van der Waals surface area contributed by atoms with Gasteiger partial charge >= 0.3 is 11.9 Å². The summed E-state index contributed by atoms with van der Waals surface area (Å²) in [6, 6.07) is -0.933. The van der Waals surface area contributed by atoms with Crippen molar-refractivity contribution in [1.29, 1.82) is 0 Å². The topological polar surface area (TPSA) is 147 Å². The first-order valence-corrected chi connectivity index (χ1v) is 13.4. The van der Waals surface area contributed by atoms with Gasteiger partial charge in [0, 0.05) is 16.9 Å². The van der Waals surface area contributed by atoms with Crippen LogP contribution < -0.4 is 5.32 Å². The van der Waals surface area contributed by atoms with Crippen LogP contribution in [-0.2, 0) is 28.8 Å². The fraction of sp³-hybridized carbons (Fsp3) is 0.500. The minimum Gasteiger partial charge on any atom is -0.477 e. The van der Waals surface area contributed by atoms with Gasteiger partial charge in [0.05, 0.1) is 5.51 Å². The summed E-state index contributed by atoms with van der Waals surface area (Å²) in [5.74, 6) is -2.15. The fourth-order valence-corrected chi connectivity index (χ4v) is 5.83. The van der Waals surface area contributed by atoms with E-state index in [9.17, 15) is 24.3 Å². The summed E-state index contributed by atoms with van der Waals surface area (Å²) in [6.45, 7) is 4.61. The van der Waals surface area contributed by atoms with Gasteiger partial charge < -0.3 is 20.0 Å². The lowest BCUT2D eigenvalue weighted by Crippen LogP contribution is -2.71. The van der Waals surface area contributed by atoms with Gasteiger partial charge in [-0.2, -0.15) is 11.8 Å². The normalized spacial score (nSPS) is 20.4. The van der Waals surface area contributed by atoms with Gasteiger partial charge in [-0.15, -0.1) is 23.1 Å². The van der Waals surface area contributed by atoms with Crippen LogP contribution in [0, 0.1) is 0 Å². The number of aromatic nitrogens is 1. The van der Waals surface area contributed by atoms with Gasteiger partial charge in [0.15, 0.2) is 5.71 Å². The fourth-order valence-electron chi connectivity index (χ4n) is 3.23. The number of nitrogens with one attached hydrogen (secondary N) is 1.